The predicted octanol–water partition coefficient (Wildman–Crippen LogP) is 4.37. The Bertz CT molecular complexity index is 558. The average Bonchev–Trinajstić information content (AvgIpc) is 2.68. The van der Waals surface area contributed by atoms with Crippen LogP contribution in [0.1, 0.15) is 0 Å². The Hall–Kier alpha value is -0.890. The fraction of sp³-hybridized carbons (Fsp3) is 0.300. The zero-order chi connectivity index (χ0) is 13.3. The van der Waals surface area contributed by atoms with Gasteiger partial charge in [0.1, 0.15) is 0 Å². The Morgan fingerprint density at radius 2 is 2.11 bits per heavy atom. The summed E-state index contributed by atoms with van der Waals surface area (Å²) in [6.07, 6.45) is -3.69. The molecule has 2 nitrogen and oxygen atoms in total. The van der Waals surface area contributed by atoms with Gasteiger partial charge in [0.2, 0.25) is 0 Å². The molecule has 0 atom stereocenters. The van der Waals surface area contributed by atoms with Crippen LogP contribution in [-0.4, -0.2) is 23.9 Å². The number of fused-ring (bicyclic) bond motifs is 1. The van der Waals surface area contributed by atoms with Crippen molar-refractivity contribution in [2.24, 2.45) is 0 Å². The number of thiazole rings is 1. The maximum absolute atomic E-state index is 12.7. The summed E-state index contributed by atoms with van der Waals surface area (Å²) in [6, 6.07) is 5.29. The summed E-state index contributed by atoms with van der Waals surface area (Å²) in [5, 5.41) is 2.43. The third kappa shape index (κ3) is 2.92. The minimum atomic E-state index is -4.06. The Kier molecular flexibility index (Phi) is 3.76. The Morgan fingerprint density at radius 3 is 2.78 bits per heavy atom. The van der Waals surface area contributed by atoms with E-state index in [0.29, 0.717) is 5.52 Å². The van der Waals surface area contributed by atoms with Crippen molar-refractivity contribution in [1.29, 1.82) is 0 Å². The normalized spacial score (nSPS) is 12.3. The molecule has 0 aliphatic heterocycles. The first-order valence-electron chi connectivity index (χ1n) is 4.84. The molecule has 98 valence electrons. The molecule has 0 spiro atoms. The zero-order valence-electron chi connectivity index (χ0n) is 8.76. The van der Waals surface area contributed by atoms with Crippen molar-refractivity contribution >= 4 is 42.6 Å². The molecule has 0 radical (unpaired) electrons. The van der Waals surface area contributed by atoms with E-state index in [1.165, 1.54) is 0 Å². The monoisotopic (exact) mass is 342 g/mol. The molecule has 0 saturated heterocycles. The minimum absolute atomic E-state index is 0.198. The smallest absolute Gasteiger partial charge is 0.324 e. The Morgan fingerprint density at radius 1 is 1.39 bits per heavy atom. The number of benzene rings is 1. The SMILES string of the molecule is FC(F)C(F)(F)CNc1nc2cc(Br)ccc2s1. The van der Waals surface area contributed by atoms with Crippen LogP contribution in [0.3, 0.4) is 0 Å². The molecule has 18 heavy (non-hydrogen) atoms. The molecule has 0 bridgehead atoms. The van der Waals surface area contributed by atoms with E-state index in [4.69, 9.17) is 0 Å². The van der Waals surface area contributed by atoms with Gasteiger partial charge in [-0.25, -0.2) is 13.8 Å². The largest absolute Gasteiger partial charge is 0.355 e. The van der Waals surface area contributed by atoms with Crippen LogP contribution >= 0.6 is 27.3 Å². The second kappa shape index (κ2) is 5.00. The van der Waals surface area contributed by atoms with Gasteiger partial charge in [0.25, 0.3) is 0 Å². The van der Waals surface area contributed by atoms with Crippen molar-refractivity contribution < 1.29 is 17.6 Å². The Balaban J connectivity index is 2.13. The van der Waals surface area contributed by atoms with Gasteiger partial charge in [-0.15, -0.1) is 0 Å². The molecular weight excluding hydrogens is 336 g/mol. The van der Waals surface area contributed by atoms with Crippen molar-refractivity contribution in [2.75, 3.05) is 11.9 Å². The highest BCUT2D eigenvalue weighted by atomic mass is 79.9. The van der Waals surface area contributed by atoms with Crippen LogP contribution in [0.4, 0.5) is 22.7 Å². The van der Waals surface area contributed by atoms with Crippen LogP contribution in [0.5, 0.6) is 0 Å². The van der Waals surface area contributed by atoms with Gasteiger partial charge >= 0.3 is 12.3 Å². The van der Waals surface area contributed by atoms with Gasteiger partial charge in [-0.1, -0.05) is 27.3 Å². The van der Waals surface area contributed by atoms with Crippen molar-refractivity contribution in [3.05, 3.63) is 22.7 Å². The third-order valence-corrected chi connectivity index (χ3v) is 3.63. The van der Waals surface area contributed by atoms with E-state index in [-0.39, 0.29) is 5.13 Å². The lowest BCUT2D eigenvalue weighted by Gasteiger charge is -2.14. The summed E-state index contributed by atoms with van der Waals surface area (Å²) in [5.41, 5.74) is 0.622. The van der Waals surface area contributed by atoms with E-state index in [2.05, 4.69) is 26.2 Å². The number of hydrogen-bond acceptors (Lipinski definition) is 3. The van der Waals surface area contributed by atoms with Gasteiger partial charge in [-0.2, -0.15) is 8.78 Å². The first-order chi connectivity index (χ1) is 8.38. The van der Waals surface area contributed by atoms with Gasteiger partial charge in [0.15, 0.2) is 5.13 Å². The molecule has 8 heteroatoms. The van der Waals surface area contributed by atoms with Crippen molar-refractivity contribution in [1.82, 2.24) is 4.98 Å². The fourth-order valence-electron chi connectivity index (χ4n) is 1.25. The number of alkyl halides is 4. The number of anilines is 1. The third-order valence-electron chi connectivity index (χ3n) is 2.14. The minimum Gasteiger partial charge on any atom is -0.355 e. The second-order valence-corrected chi connectivity index (χ2v) is 5.49. The topological polar surface area (TPSA) is 24.9 Å². The van der Waals surface area contributed by atoms with E-state index in [0.717, 1.165) is 20.5 Å². The van der Waals surface area contributed by atoms with Gasteiger partial charge < -0.3 is 5.32 Å². The molecule has 0 unspecified atom stereocenters. The van der Waals surface area contributed by atoms with Crippen molar-refractivity contribution in [3.63, 3.8) is 0 Å². The maximum Gasteiger partial charge on any atom is 0.324 e. The van der Waals surface area contributed by atoms with Gasteiger partial charge in [-0.05, 0) is 18.2 Å². The zero-order valence-corrected chi connectivity index (χ0v) is 11.2. The molecule has 0 aliphatic carbocycles. The van der Waals surface area contributed by atoms with Crippen molar-refractivity contribution in [2.45, 2.75) is 12.3 Å². The number of aromatic nitrogens is 1. The summed E-state index contributed by atoms with van der Waals surface area (Å²) in [5.74, 6) is -4.06. The van der Waals surface area contributed by atoms with Crippen LogP contribution in [0.25, 0.3) is 10.2 Å². The molecule has 1 aromatic heterocycles. The van der Waals surface area contributed by atoms with Crippen LogP contribution in [0, 0.1) is 0 Å². The highest BCUT2D eigenvalue weighted by molar-refractivity contribution is 9.10. The van der Waals surface area contributed by atoms with E-state index in [9.17, 15) is 17.6 Å². The van der Waals surface area contributed by atoms with Crippen LogP contribution < -0.4 is 5.32 Å². The number of nitrogens with one attached hydrogen (secondary N) is 1. The molecule has 1 aromatic carbocycles. The second-order valence-electron chi connectivity index (χ2n) is 3.55. The lowest BCUT2D eigenvalue weighted by molar-refractivity contribution is -0.117. The molecule has 1 heterocycles. The van der Waals surface area contributed by atoms with E-state index < -0.39 is 18.9 Å². The summed E-state index contributed by atoms with van der Waals surface area (Å²) in [6.45, 7) is -1.13. The summed E-state index contributed by atoms with van der Waals surface area (Å²) in [4.78, 5) is 4.04. The maximum atomic E-state index is 12.7. The van der Waals surface area contributed by atoms with Crippen molar-refractivity contribution in [3.8, 4) is 0 Å². The lowest BCUT2D eigenvalue weighted by atomic mass is 10.3. The van der Waals surface area contributed by atoms with E-state index in [1.54, 1.807) is 18.2 Å². The highest BCUT2D eigenvalue weighted by Crippen LogP contribution is 2.29. The number of nitrogens with zero attached hydrogens (tertiary/aromatic N) is 1. The van der Waals surface area contributed by atoms with Gasteiger partial charge in [0.05, 0.1) is 16.8 Å². The quantitative estimate of drug-likeness (QED) is 0.834. The van der Waals surface area contributed by atoms with Crippen LogP contribution in [0.2, 0.25) is 0 Å². The van der Waals surface area contributed by atoms with E-state index in [1.807, 2.05) is 0 Å². The lowest BCUT2D eigenvalue weighted by Crippen LogP contribution is -2.34. The van der Waals surface area contributed by atoms with Crippen LogP contribution in [-0.2, 0) is 0 Å². The van der Waals surface area contributed by atoms with Crippen LogP contribution in [0.15, 0.2) is 22.7 Å². The molecule has 2 aromatic rings. The molecule has 1 N–H and O–H groups in total. The Labute approximate surface area is 112 Å². The number of halogens is 5. The summed E-state index contributed by atoms with van der Waals surface area (Å²) in [7, 11) is 0. The number of rotatable bonds is 4. The molecule has 2 rings (SSSR count). The highest BCUT2D eigenvalue weighted by Gasteiger charge is 2.40. The standard InChI is InChI=1S/C10H7BrF4N2S/c11-5-1-2-7-6(3-5)17-9(18-7)16-4-10(14,15)8(12)13/h1-3,8H,4H2,(H,16,17). The molecule has 0 saturated carbocycles. The first-order valence-corrected chi connectivity index (χ1v) is 6.45. The van der Waals surface area contributed by atoms with Gasteiger partial charge in [-0.3, -0.25) is 0 Å². The predicted molar refractivity (Wildman–Crippen MR) is 66.8 cm³/mol. The van der Waals surface area contributed by atoms with Gasteiger partial charge in [0, 0.05) is 4.47 Å². The molecule has 0 amide bonds. The molecule has 0 fully saturated rings. The van der Waals surface area contributed by atoms with E-state index >= 15 is 0 Å². The average molecular weight is 343 g/mol. The summed E-state index contributed by atoms with van der Waals surface area (Å²) >= 11 is 4.39. The number of hydrogen-bond donors (Lipinski definition) is 1. The molecular formula is C10H7BrF4N2S. The fourth-order valence-corrected chi connectivity index (χ4v) is 2.44. The first kappa shape index (κ1) is 13.5. The molecule has 0 aliphatic rings. The summed E-state index contributed by atoms with van der Waals surface area (Å²) < 4.78 is 50.9.